The largest absolute Gasteiger partial charge is 0.317 e. The summed E-state index contributed by atoms with van der Waals surface area (Å²) in [7, 11) is 4.21. The quantitative estimate of drug-likeness (QED) is 0.679. The molecule has 2 heteroatoms. The second kappa shape index (κ2) is 5.55. The Hall–Kier alpha value is -0.0800. The average molecular weight is 172 g/mol. The molecule has 2 atom stereocenters. The van der Waals surface area contributed by atoms with E-state index >= 15 is 0 Å². The smallest absolute Gasteiger partial charge is 0.00812 e. The van der Waals surface area contributed by atoms with Crippen LogP contribution in [0.25, 0.3) is 0 Å². The van der Waals surface area contributed by atoms with Gasteiger partial charge in [-0.3, -0.25) is 0 Å². The van der Waals surface area contributed by atoms with E-state index in [2.05, 4.69) is 45.0 Å². The van der Waals surface area contributed by atoms with Crippen molar-refractivity contribution in [2.45, 2.75) is 52.2 Å². The first-order valence-electron chi connectivity index (χ1n) is 4.88. The van der Waals surface area contributed by atoms with E-state index < -0.39 is 0 Å². The highest BCUT2D eigenvalue weighted by Gasteiger charge is 2.13. The fourth-order valence-electron chi connectivity index (χ4n) is 1.30. The average Bonchev–Trinajstić information content (AvgIpc) is 2.02. The molecule has 0 aromatic rings. The number of hydrogen-bond acceptors (Lipinski definition) is 2. The monoisotopic (exact) mass is 172 g/mol. The number of nitrogens with zero attached hydrogens (tertiary/aromatic N) is 1. The molecule has 0 aromatic carbocycles. The van der Waals surface area contributed by atoms with E-state index in [0.29, 0.717) is 18.1 Å². The second-order valence-corrected chi connectivity index (χ2v) is 4.03. The third kappa shape index (κ3) is 4.07. The Morgan fingerprint density at radius 1 is 1.17 bits per heavy atom. The number of nitrogens with one attached hydrogen (secondary N) is 1. The van der Waals surface area contributed by atoms with E-state index in [9.17, 15) is 0 Å². The minimum atomic E-state index is 0.612. The molecule has 2 nitrogen and oxygen atoms in total. The summed E-state index contributed by atoms with van der Waals surface area (Å²) in [5, 5.41) is 3.26. The van der Waals surface area contributed by atoms with E-state index in [1.165, 1.54) is 6.42 Å². The van der Waals surface area contributed by atoms with Crippen molar-refractivity contribution >= 4 is 0 Å². The molecule has 0 aromatic heterocycles. The molecule has 0 aliphatic carbocycles. The molecular weight excluding hydrogens is 148 g/mol. The van der Waals surface area contributed by atoms with Gasteiger partial charge in [0.15, 0.2) is 0 Å². The normalized spacial score (nSPS) is 17.0. The minimum absolute atomic E-state index is 0.612. The van der Waals surface area contributed by atoms with E-state index in [1.54, 1.807) is 0 Å². The van der Waals surface area contributed by atoms with Crippen molar-refractivity contribution in [3.8, 4) is 0 Å². The summed E-state index contributed by atoms with van der Waals surface area (Å²) >= 11 is 0. The summed E-state index contributed by atoms with van der Waals surface area (Å²) in [5.74, 6) is 0. The third-order valence-corrected chi connectivity index (χ3v) is 2.70. The topological polar surface area (TPSA) is 15.3 Å². The molecule has 12 heavy (non-hydrogen) atoms. The fourth-order valence-corrected chi connectivity index (χ4v) is 1.30. The lowest BCUT2D eigenvalue weighted by Crippen LogP contribution is -2.39. The van der Waals surface area contributed by atoms with Crippen LogP contribution in [0.4, 0.5) is 0 Å². The van der Waals surface area contributed by atoms with Crippen molar-refractivity contribution in [1.29, 1.82) is 0 Å². The van der Waals surface area contributed by atoms with Gasteiger partial charge in [0.25, 0.3) is 0 Å². The highest BCUT2D eigenvalue weighted by atomic mass is 15.1. The Kier molecular flexibility index (Phi) is 5.51. The zero-order valence-corrected chi connectivity index (χ0v) is 9.39. The van der Waals surface area contributed by atoms with E-state index in [1.807, 2.05) is 7.05 Å². The Morgan fingerprint density at radius 3 is 2.00 bits per heavy atom. The van der Waals surface area contributed by atoms with Crippen LogP contribution in [0.3, 0.4) is 0 Å². The highest BCUT2D eigenvalue weighted by molar-refractivity contribution is 4.71. The lowest BCUT2D eigenvalue weighted by Gasteiger charge is -2.30. The molecule has 0 spiro atoms. The van der Waals surface area contributed by atoms with Gasteiger partial charge in [0.2, 0.25) is 0 Å². The van der Waals surface area contributed by atoms with E-state index in [0.717, 1.165) is 0 Å². The molecule has 0 fully saturated rings. The SMILES string of the molecule is CNC(C)CC(C)N(C)C(C)C. The van der Waals surface area contributed by atoms with Crippen molar-refractivity contribution in [3.63, 3.8) is 0 Å². The molecule has 2 unspecified atom stereocenters. The molecule has 0 rings (SSSR count). The lowest BCUT2D eigenvalue weighted by atomic mass is 10.1. The summed E-state index contributed by atoms with van der Waals surface area (Å²) in [6.45, 7) is 8.99. The van der Waals surface area contributed by atoms with E-state index in [4.69, 9.17) is 0 Å². The Morgan fingerprint density at radius 2 is 1.67 bits per heavy atom. The summed E-state index contributed by atoms with van der Waals surface area (Å²) < 4.78 is 0. The summed E-state index contributed by atoms with van der Waals surface area (Å²) in [6, 6.07) is 1.91. The van der Waals surface area contributed by atoms with Crippen LogP contribution in [0.1, 0.15) is 34.1 Å². The van der Waals surface area contributed by atoms with Crippen LogP contribution in [-0.2, 0) is 0 Å². The number of rotatable bonds is 5. The predicted molar refractivity (Wildman–Crippen MR) is 55.5 cm³/mol. The Labute approximate surface area is 77.3 Å². The maximum Gasteiger partial charge on any atom is 0.00812 e. The van der Waals surface area contributed by atoms with Crippen molar-refractivity contribution in [3.05, 3.63) is 0 Å². The summed E-state index contributed by atoms with van der Waals surface area (Å²) in [6.07, 6.45) is 1.21. The van der Waals surface area contributed by atoms with Gasteiger partial charge >= 0.3 is 0 Å². The molecule has 0 saturated heterocycles. The highest BCUT2D eigenvalue weighted by Crippen LogP contribution is 2.07. The molecule has 74 valence electrons. The maximum absolute atomic E-state index is 3.26. The first-order valence-corrected chi connectivity index (χ1v) is 4.88. The summed E-state index contributed by atoms with van der Waals surface area (Å²) in [5.41, 5.74) is 0. The Bertz CT molecular complexity index is 112. The molecule has 1 N–H and O–H groups in total. The van der Waals surface area contributed by atoms with Gasteiger partial charge in [-0.1, -0.05) is 0 Å². The van der Waals surface area contributed by atoms with Crippen LogP contribution in [-0.4, -0.2) is 37.1 Å². The first kappa shape index (κ1) is 11.9. The molecule has 0 saturated carbocycles. The molecule has 0 bridgehead atoms. The zero-order valence-electron chi connectivity index (χ0n) is 9.39. The molecule has 0 amide bonds. The maximum atomic E-state index is 3.26. The van der Waals surface area contributed by atoms with Gasteiger partial charge in [-0.05, 0) is 48.2 Å². The first-order chi connectivity index (χ1) is 5.49. The van der Waals surface area contributed by atoms with Crippen molar-refractivity contribution in [2.24, 2.45) is 0 Å². The predicted octanol–water partition coefficient (Wildman–Crippen LogP) is 1.71. The van der Waals surface area contributed by atoms with Crippen molar-refractivity contribution < 1.29 is 0 Å². The minimum Gasteiger partial charge on any atom is -0.317 e. The van der Waals surface area contributed by atoms with Gasteiger partial charge in [0.05, 0.1) is 0 Å². The van der Waals surface area contributed by atoms with Crippen LogP contribution >= 0.6 is 0 Å². The van der Waals surface area contributed by atoms with Crippen LogP contribution < -0.4 is 5.32 Å². The third-order valence-electron chi connectivity index (χ3n) is 2.70. The molecular formula is C10H24N2. The molecule has 0 heterocycles. The van der Waals surface area contributed by atoms with Gasteiger partial charge in [-0.2, -0.15) is 0 Å². The van der Waals surface area contributed by atoms with Gasteiger partial charge < -0.3 is 10.2 Å². The standard InChI is InChI=1S/C10H24N2/c1-8(2)12(6)10(4)7-9(3)11-5/h8-11H,7H2,1-6H3. The zero-order chi connectivity index (χ0) is 9.72. The molecule has 0 radical (unpaired) electrons. The van der Waals surface area contributed by atoms with E-state index in [-0.39, 0.29) is 0 Å². The Balaban J connectivity index is 3.78. The fraction of sp³-hybridized carbons (Fsp3) is 1.00. The van der Waals surface area contributed by atoms with Crippen LogP contribution in [0, 0.1) is 0 Å². The van der Waals surface area contributed by atoms with Crippen molar-refractivity contribution in [2.75, 3.05) is 14.1 Å². The van der Waals surface area contributed by atoms with Crippen molar-refractivity contribution in [1.82, 2.24) is 10.2 Å². The number of hydrogen-bond donors (Lipinski definition) is 1. The van der Waals surface area contributed by atoms with Gasteiger partial charge in [-0.25, -0.2) is 0 Å². The summed E-state index contributed by atoms with van der Waals surface area (Å²) in [4.78, 5) is 2.41. The van der Waals surface area contributed by atoms with Crippen LogP contribution in [0.15, 0.2) is 0 Å². The molecule has 0 aliphatic heterocycles. The van der Waals surface area contributed by atoms with Crippen LogP contribution in [0.5, 0.6) is 0 Å². The lowest BCUT2D eigenvalue weighted by molar-refractivity contribution is 0.189. The van der Waals surface area contributed by atoms with Crippen LogP contribution in [0.2, 0.25) is 0 Å². The second-order valence-electron chi connectivity index (χ2n) is 4.03. The van der Waals surface area contributed by atoms with Gasteiger partial charge in [-0.15, -0.1) is 0 Å². The van der Waals surface area contributed by atoms with Gasteiger partial charge in [0.1, 0.15) is 0 Å². The van der Waals surface area contributed by atoms with Gasteiger partial charge in [0, 0.05) is 18.1 Å². The molecule has 0 aliphatic rings.